The van der Waals surface area contributed by atoms with Crippen LogP contribution in [0.1, 0.15) is 33.7 Å². The second-order valence-electron chi connectivity index (χ2n) is 6.20. The Labute approximate surface area is 164 Å². The lowest BCUT2D eigenvalue weighted by Crippen LogP contribution is -2.21. The molecule has 29 heavy (non-hydrogen) atoms. The summed E-state index contributed by atoms with van der Waals surface area (Å²) >= 11 is 0. The van der Waals surface area contributed by atoms with Crippen LogP contribution in [0.5, 0.6) is 0 Å². The van der Waals surface area contributed by atoms with E-state index in [1.54, 1.807) is 36.4 Å². The molecule has 0 spiro atoms. The summed E-state index contributed by atoms with van der Waals surface area (Å²) in [5, 5.41) is 17.8. The first-order chi connectivity index (χ1) is 14.0. The van der Waals surface area contributed by atoms with Crippen molar-refractivity contribution in [1.82, 2.24) is 39.1 Å². The topological polar surface area (TPSA) is 137 Å². The van der Waals surface area contributed by atoms with Gasteiger partial charge in [-0.15, -0.1) is 5.10 Å². The summed E-state index contributed by atoms with van der Waals surface area (Å²) < 4.78 is 4.54. The number of hydrogen-bond acceptors (Lipinski definition) is 7. The van der Waals surface area contributed by atoms with Gasteiger partial charge in [0, 0.05) is 26.0 Å². The first-order valence-electron chi connectivity index (χ1n) is 8.82. The molecule has 0 saturated heterocycles. The van der Waals surface area contributed by atoms with Crippen molar-refractivity contribution in [3.05, 3.63) is 48.1 Å². The van der Waals surface area contributed by atoms with Crippen molar-refractivity contribution in [3.8, 4) is 0 Å². The molecule has 4 aromatic heterocycles. The summed E-state index contributed by atoms with van der Waals surface area (Å²) in [7, 11) is 1.78. The average molecular weight is 394 g/mol. The zero-order valence-corrected chi connectivity index (χ0v) is 16.0. The molecule has 0 aliphatic carbocycles. The molecule has 0 bridgehead atoms. The van der Waals surface area contributed by atoms with E-state index in [-0.39, 0.29) is 17.2 Å². The monoisotopic (exact) mass is 394 g/mol. The number of fused-ring (bicyclic) bond motifs is 1. The smallest absolute Gasteiger partial charge is 0.295 e. The highest BCUT2D eigenvalue weighted by Gasteiger charge is 2.23. The maximum atomic E-state index is 12.9. The molecule has 0 fully saturated rings. The van der Waals surface area contributed by atoms with Gasteiger partial charge in [0.1, 0.15) is 5.69 Å². The van der Waals surface area contributed by atoms with E-state index in [4.69, 9.17) is 0 Å². The van der Waals surface area contributed by atoms with E-state index in [9.17, 15) is 9.59 Å². The van der Waals surface area contributed by atoms with Crippen LogP contribution < -0.4 is 10.6 Å². The number of nitrogens with one attached hydrogen (secondary N) is 2. The number of aryl methyl sites for hydroxylation is 2. The Morgan fingerprint density at radius 2 is 1.86 bits per heavy atom. The molecule has 0 aliphatic rings. The lowest BCUT2D eigenvalue weighted by molar-refractivity contribution is 0.101. The lowest BCUT2D eigenvalue weighted by atomic mass is 10.3. The highest BCUT2D eigenvalue weighted by Crippen LogP contribution is 2.20. The molecule has 0 radical (unpaired) electrons. The number of carbonyl (C=O) groups is 2. The predicted molar refractivity (Wildman–Crippen MR) is 103 cm³/mol. The van der Waals surface area contributed by atoms with E-state index in [0.717, 1.165) is 5.69 Å². The van der Waals surface area contributed by atoms with Gasteiger partial charge in [-0.2, -0.15) is 15.2 Å². The fourth-order valence-corrected chi connectivity index (χ4v) is 2.77. The summed E-state index contributed by atoms with van der Waals surface area (Å²) in [5.74, 6) is -0.757. The number of rotatable bonds is 5. The molecule has 4 rings (SSSR count). The molecule has 0 aliphatic heterocycles. The molecule has 2 amide bonds. The average Bonchev–Trinajstić information content (AvgIpc) is 3.41. The van der Waals surface area contributed by atoms with Crippen LogP contribution in [0.4, 0.5) is 11.4 Å². The van der Waals surface area contributed by atoms with Gasteiger partial charge in [0.15, 0.2) is 0 Å². The van der Waals surface area contributed by atoms with Crippen LogP contribution in [-0.2, 0) is 13.6 Å². The molecule has 148 valence electrons. The molecule has 12 heteroatoms. The normalized spacial score (nSPS) is 11.0. The molecule has 0 unspecified atom stereocenters. The highest BCUT2D eigenvalue weighted by molar-refractivity contribution is 6.11. The standard InChI is InChI=1S/C17H18N10O2/c1-4-26-13(15(28)21-11-8-19-25(3)10(11)2)12(9-20-26)22-16(29)14-23-17-18-6-5-7-27(17)24-14/h5-9H,4H2,1-3H3,(H,21,28)(H,22,29). The predicted octanol–water partition coefficient (Wildman–Crippen LogP) is 0.887. The molecule has 12 nitrogen and oxygen atoms in total. The third-order valence-corrected chi connectivity index (χ3v) is 4.41. The second-order valence-corrected chi connectivity index (χ2v) is 6.20. The molecule has 4 aromatic rings. The second kappa shape index (κ2) is 7.14. The Bertz CT molecular complexity index is 1190. The van der Waals surface area contributed by atoms with Gasteiger partial charge in [-0.25, -0.2) is 9.50 Å². The largest absolute Gasteiger partial charge is 0.318 e. The van der Waals surface area contributed by atoms with Gasteiger partial charge in [0.05, 0.1) is 29.5 Å². The third-order valence-electron chi connectivity index (χ3n) is 4.41. The number of nitrogens with zero attached hydrogens (tertiary/aromatic N) is 8. The fraction of sp³-hybridized carbons (Fsp3) is 0.235. The van der Waals surface area contributed by atoms with Crippen LogP contribution in [-0.4, -0.2) is 51.0 Å². The highest BCUT2D eigenvalue weighted by atomic mass is 16.2. The molecule has 2 N–H and O–H groups in total. The van der Waals surface area contributed by atoms with E-state index >= 15 is 0 Å². The molecule has 0 aromatic carbocycles. The van der Waals surface area contributed by atoms with Gasteiger partial charge in [0.25, 0.3) is 17.6 Å². The summed E-state index contributed by atoms with van der Waals surface area (Å²) in [4.78, 5) is 33.6. The molecular formula is C17H18N10O2. The minimum absolute atomic E-state index is 0.0672. The minimum atomic E-state index is -0.572. The Morgan fingerprint density at radius 3 is 2.55 bits per heavy atom. The quantitative estimate of drug-likeness (QED) is 0.513. The van der Waals surface area contributed by atoms with E-state index in [1.165, 1.54) is 15.4 Å². The first kappa shape index (κ1) is 18.3. The van der Waals surface area contributed by atoms with Crippen LogP contribution in [0.3, 0.4) is 0 Å². The molecular weight excluding hydrogens is 376 g/mol. The van der Waals surface area contributed by atoms with Crippen LogP contribution in [0, 0.1) is 6.92 Å². The van der Waals surface area contributed by atoms with E-state index in [2.05, 4.69) is 35.9 Å². The summed E-state index contributed by atoms with van der Waals surface area (Å²) in [6, 6.07) is 1.68. The summed E-state index contributed by atoms with van der Waals surface area (Å²) in [6.07, 6.45) is 6.17. The van der Waals surface area contributed by atoms with Crippen molar-refractivity contribution in [1.29, 1.82) is 0 Å². The summed E-state index contributed by atoms with van der Waals surface area (Å²) in [6.45, 7) is 4.13. The third kappa shape index (κ3) is 3.31. The van der Waals surface area contributed by atoms with Crippen LogP contribution in [0.2, 0.25) is 0 Å². The van der Waals surface area contributed by atoms with Gasteiger partial charge in [-0.1, -0.05) is 0 Å². The Hall–Kier alpha value is -4.09. The number of anilines is 2. The molecule has 0 atom stereocenters. The van der Waals surface area contributed by atoms with Crippen molar-refractivity contribution < 1.29 is 9.59 Å². The number of aromatic nitrogens is 8. The van der Waals surface area contributed by atoms with Crippen LogP contribution >= 0.6 is 0 Å². The maximum absolute atomic E-state index is 12.9. The number of carbonyl (C=O) groups excluding carboxylic acids is 2. The Kier molecular flexibility index (Phi) is 4.50. The van der Waals surface area contributed by atoms with Gasteiger partial charge in [0.2, 0.25) is 5.82 Å². The van der Waals surface area contributed by atoms with E-state index in [0.29, 0.717) is 18.0 Å². The number of hydrogen-bond donors (Lipinski definition) is 2. The lowest BCUT2D eigenvalue weighted by Gasteiger charge is -2.09. The first-order valence-corrected chi connectivity index (χ1v) is 8.82. The molecule has 0 saturated carbocycles. The zero-order chi connectivity index (χ0) is 20.5. The van der Waals surface area contributed by atoms with Gasteiger partial charge >= 0.3 is 0 Å². The van der Waals surface area contributed by atoms with Crippen molar-refractivity contribution >= 4 is 29.0 Å². The van der Waals surface area contributed by atoms with Crippen molar-refractivity contribution in [2.75, 3.05) is 10.6 Å². The van der Waals surface area contributed by atoms with Crippen molar-refractivity contribution in [3.63, 3.8) is 0 Å². The summed E-state index contributed by atoms with van der Waals surface area (Å²) in [5.41, 5.74) is 1.84. The fourth-order valence-electron chi connectivity index (χ4n) is 2.77. The number of amides is 2. The molecule has 4 heterocycles. The van der Waals surface area contributed by atoms with Gasteiger partial charge < -0.3 is 10.6 Å². The minimum Gasteiger partial charge on any atom is -0.318 e. The SMILES string of the molecule is CCn1ncc(NC(=O)c2nc3ncccn3n2)c1C(=O)Nc1cnn(C)c1C. The van der Waals surface area contributed by atoms with Crippen molar-refractivity contribution in [2.45, 2.75) is 20.4 Å². The van der Waals surface area contributed by atoms with E-state index < -0.39 is 11.8 Å². The Morgan fingerprint density at radius 1 is 1.10 bits per heavy atom. The Balaban J connectivity index is 1.61. The van der Waals surface area contributed by atoms with Gasteiger partial charge in [-0.3, -0.25) is 19.0 Å². The van der Waals surface area contributed by atoms with Crippen LogP contribution in [0.15, 0.2) is 30.9 Å². The van der Waals surface area contributed by atoms with Crippen LogP contribution in [0.25, 0.3) is 5.78 Å². The van der Waals surface area contributed by atoms with E-state index in [1.807, 2.05) is 13.8 Å². The zero-order valence-electron chi connectivity index (χ0n) is 16.0. The van der Waals surface area contributed by atoms with Crippen molar-refractivity contribution in [2.24, 2.45) is 7.05 Å². The maximum Gasteiger partial charge on any atom is 0.295 e. The van der Waals surface area contributed by atoms with Gasteiger partial charge in [-0.05, 0) is 19.9 Å².